The number of aliphatic hydroxyl groups is 1. The van der Waals surface area contributed by atoms with Gasteiger partial charge in [-0.2, -0.15) is 0 Å². The average Bonchev–Trinajstić information content (AvgIpc) is 3.30. The molecule has 0 radical (unpaired) electrons. The summed E-state index contributed by atoms with van der Waals surface area (Å²) in [4.78, 5) is 49.5. The molecule has 4 heterocycles. The molecule has 4 aliphatic rings. The summed E-state index contributed by atoms with van der Waals surface area (Å²) in [6, 6.07) is 13.0. The summed E-state index contributed by atoms with van der Waals surface area (Å²) in [7, 11) is 0. The molecule has 238 valence electrons. The zero-order valence-corrected chi connectivity index (χ0v) is 27.6. The number of fused-ring (bicyclic) bond motifs is 2. The summed E-state index contributed by atoms with van der Waals surface area (Å²) in [5.41, 5.74) is 1.39. The van der Waals surface area contributed by atoms with Crippen molar-refractivity contribution in [2.24, 2.45) is 17.8 Å². The number of hydrogen-bond acceptors (Lipinski definition) is 6. The van der Waals surface area contributed by atoms with Gasteiger partial charge in [-0.1, -0.05) is 56.2 Å². The van der Waals surface area contributed by atoms with Crippen molar-refractivity contribution in [3.05, 3.63) is 77.9 Å². The fraction of sp³-hybridized carbons (Fsp3) is 0.457. The molecule has 2 fully saturated rings. The lowest BCUT2D eigenvalue weighted by Gasteiger charge is -2.41. The van der Waals surface area contributed by atoms with Crippen LogP contribution in [0.1, 0.15) is 34.1 Å². The molecule has 2 aromatic rings. The molecule has 4 aliphatic heterocycles. The van der Waals surface area contributed by atoms with Crippen LogP contribution in [0, 0.1) is 17.8 Å². The molecule has 10 heteroatoms. The zero-order valence-electron chi connectivity index (χ0n) is 26.1. The third kappa shape index (κ3) is 5.07. The smallest absolute Gasteiger partial charge is 0.251 e. The Bertz CT molecular complexity index is 1530. The molecule has 1 N–H and O–H groups in total. The molecule has 0 saturated carbocycles. The number of carbonyl (C=O) groups is 3. The fourth-order valence-corrected chi connectivity index (χ4v) is 9.88. The average molecular weight is 650 g/mol. The molecule has 0 aliphatic carbocycles. The maximum absolute atomic E-state index is 14.9. The van der Waals surface area contributed by atoms with E-state index in [0.29, 0.717) is 36.8 Å². The number of nitrogens with zero attached hydrogens (tertiary/aromatic N) is 3. The molecule has 45 heavy (non-hydrogen) atoms. The second kappa shape index (κ2) is 12.2. The molecule has 2 saturated heterocycles. The van der Waals surface area contributed by atoms with Crippen LogP contribution < -0.4 is 14.5 Å². The van der Waals surface area contributed by atoms with Gasteiger partial charge >= 0.3 is 0 Å². The van der Waals surface area contributed by atoms with Gasteiger partial charge in [-0.15, -0.1) is 11.8 Å². The Morgan fingerprint density at radius 1 is 0.911 bits per heavy atom. The third-order valence-electron chi connectivity index (χ3n) is 9.94. The van der Waals surface area contributed by atoms with Crippen LogP contribution in [0.4, 0.5) is 11.4 Å². The Labute approximate surface area is 274 Å². The first-order valence-electron chi connectivity index (χ1n) is 15.7. The molecule has 3 amide bonds. The maximum atomic E-state index is 14.9. The second-order valence-electron chi connectivity index (χ2n) is 12.5. The largest absolute Gasteiger partial charge is 0.494 e. The Kier molecular flexibility index (Phi) is 8.56. The lowest BCUT2D eigenvalue weighted by atomic mass is 9.74. The Morgan fingerprint density at radius 2 is 1.51 bits per heavy atom. The van der Waals surface area contributed by atoms with E-state index >= 15 is 0 Å². The molecule has 6 rings (SSSR count). The van der Waals surface area contributed by atoms with Crippen molar-refractivity contribution in [2.75, 3.05) is 36.1 Å². The van der Waals surface area contributed by atoms with E-state index in [1.807, 2.05) is 70.2 Å². The van der Waals surface area contributed by atoms with Gasteiger partial charge in [0.2, 0.25) is 11.8 Å². The SMILES string of the molecule is CCOc1ccc(N2CC=C[C@@]3(C)S[C@]45C=CCN(c6ccc(Cl)cc6)C(=O)C4N([C@@H](CO)[C@@H](C)CC)C(=O)[C@@H]5[C@H]3C2=O)cc1. The highest BCUT2D eigenvalue weighted by molar-refractivity contribution is 8.02. The maximum Gasteiger partial charge on any atom is 0.251 e. The predicted molar refractivity (Wildman–Crippen MR) is 179 cm³/mol. The number of amides is 3. The van der Waals surface area contributed by atoms with Crippen LogP contribution in [0.3, 0.4) is 0 Å². The van der Waals surface area contributed by atoms with E-state index in [4.69, 9.17) is 16.3 Å². The molecular weight excluding hydrogens is 610 g/mol. The summed E-state index contributed by atoms with van der Waals surface area (Å²) in [6.45, 7) is 8.88. The van der Waals surface area contributed by atoms with Crippen LogP contribution in [0.2, 0.25) is 5.02 Å². The highest BCUT2D eigenvalue weighted by Gasteiger charge is 2.74. The fourth-order valence-electron chi connectivity index (χ4n) is 7.61. The first-order valence-corrected chi connectivity index (χ1v) is 16.9. The van der Waals surface area contributed by atoms with Gasteiger partial charge in [0.1, 0.15) is 11.8 Å². The van der Waals surface area contributed by atoms with Crippen molar-refractivity contribution in [2.45, 2.75) is 55.7 Å². The number of thioether (sulfide) groups is 1. The van der Waals surface area contributed by atoms with E-state index in [0.717, 1.165) is 11.4 Å². The topological polar surface area (TPSA) is 90.4 Å². The van der Waals surface area contributed by atoms with Crippen molar-refractivity contribution >= 4 is 52.5 Å². The molecule has 2 aromatic carbocycles. The summed E-state index contributed by atoms with van der Waals surface area (Å²) >= 11 is 7.71. The lowest BCUT2D eigenvalue weighted by molar-refractivity contribution is -0.143. The number of benzene rings is 2. The van der Waals surface area contributed by atoms with Crippen molar-refractivity contribution in [3.63, 3.8) is 0 Å². The number of carbonyl (C=O) groups excluding carboxylic acids is 3. The number of ether oxygens (including phenoxy) is 1. The van der Waals surface area contributed by atoms with E-state index in [1.54, 1.807) is 39.0 Å². The standard InChI is InChI=1S/C35H40ClN3O5S/c1-5-22(3)27(21-40)39-30-33(43)38(24-11-9-23(36)10-12-24)20-8-18-35(30)29(32(39)42)28-31(41)37(19-7-17-34(28,4)45-35)25-13-15-26(16-14-25)44-6-2/h7-18,22,27-30,40H,5-6,19-21H2,1-4H3/t22-,27-,28-,29-,30?,34+,35-/m0/s1. The molecular formula is C35H40ClN3O5S. The van der Waals surface area contributed by atoms with Crippen molar-refractivity contribution in [1.82, 2.24) is 4.90 Å². The highest BCUT2D eigenvalue weighted by atomic mass is 35.5. The van der Waals surface area contributed by atoms with Crippen LogP contribution in [0.5, 0.6) is 5.75 Å². The monoisotopic (exact) mass is 649 g/mol. The minimum Gasteiger partial charge on any atom is -0.494 e. The van der Waals surface area contributed by atoms with Crippen LogP contribution in [-0.2, 0) is 14.4 Å². The summed E-state index contributed by atoms with van der Waals surface area (Å²) < 4.78 is 3.85. The van der Waals surface area contributed by atoms with E-state index < -0.39 is 33.4 Å². The zero-order chi connectivity index (χ0) is 32.1. The van der Waals surface area contributed by atoms with Gasteiger partial charge in [-0.05, 0) is 68.3 Å². The Balaban J connectivity index is 1.47. The lowest BCUT2D eigenvalue weighted by Crippen LogP contribution is -2.58. The first kappa shape index (κ1) is 31.7. The molecule has 8 nitrogen and oxygen atoms in total. The summed E-state index contributed by atoms with van der Waals surface area (Å²) in [6.07, 6.45) is 8.72. The van der Waals surface area contributed by atoms with Gasteiger partial charge in [0.25, 0.3) is 5.91 Å². The molecule has 0 aromatic heterocycles. The van der Waals surface area contributed by atoms with Crippen molar-refractivity contribution < 1.29 is 24.2 Å². The summed E-state index contributed by atoms with van der Waals surface area (Å²) in [5.74, 6) is -1.53. The number of hydrogen-bond donors (Lipinski definition) is 1. The second-order valence-corrected chi connectivity index (χ2v) is 14.7. The van der Waals surface area contributed by atoms with E-state index in [1.165, 1.54) is 11.8 Å². The van der Waals surface area contributed by atoms with Gasteiger partial charge < -0.3 is 24.5 Å². The predicted octanol–water partition coefficient (Wildman–Crippen LogP) is 5.34. The van der Waals surface area contributed by atoms with Gasteiger partial charge in [0.15, 0.2) is 0 Å². The Morgan fingerprint density at radius 3 is 2.11 bits per heavy atom. The van der Waals surface area contributed by atoms with E-state index in [9.17, 15) is 19.5 Å². The number of likely N-dealkylation sites (tertiary alicyclic amines) is 1. The van der Waals surface area contributed by atoms with Gasteiger partial charge in [0, 0.05) is 34.2 Å². The van der Waals surface area contributed by atoms with Crippen LogP contribution in [0.25, 0.3) is 0 Å². The van der Waals surface area contributed by atoms with Gasteiger partial charge in [-0.3, -0.25) is 14.4 Å². The minimum absolute atomic E-state index is 0.0692. The van der Waals surface area contributed by atoms with E-state index in [2.05, 4.69) is 6.08 Å². The minimum atomic E-state index is -1.02. The Hall–Kier alpha value is -3.27. The van der Waals surface area contributed by atoms with Crippen molar-refractivity contribution in [1.29, 1.82) is 0 Å². The number of rotatable bonds is 8. The molecule has 7 atom stereocenters. The molecule has 1 spiro atoms. The molecule has 0 bridgehead atoms. The van der Waals surface area contributed by atoms with Crippen LogP contribution in [0.15, 0.2) is 72.8 Å². The normalized spacial score (nSPS) is 30.5. The highest BCUT2D eigenvalue weighted by Crippen LogP contribution is 2.66. The van der Waals surface area contributed by atoms with Crippen LogP contribution in [-0.4, -0.2) is 75.6 Å². The van der Waals surface area contributed by atoms with Gasteiger partial charge in [0.05, 0.1) is 35.8 Å². The quantitative estimate of drug-likeness (QED) is 0.389. The van der Waals surface area contributed by atoms with Gasteiger partial charge in [-0.25, -0.2) is 0 Å². The van der Waals surface area contributed by atoms with Crippen molar-refractivity contribution in [3.8, 4) is 5.75 Å². The number of anilines is 2. The number of aliphatic hydroxyl groups excluding tert-OH is 1. The summed E-state index contributed by atoms with van der Waals surface area (Å²) in [5, 5.41) is 11.3. The first-order chi connectivity index (χ1) is 21.6. The number of halogens is 1. The third-order valence-corrected chi connectivity index (χ3v) is 12.0. The molecule has 1 unspecified atom stereocenters. The van der Waals surface area contributed by atoms with Crippen LogP contribution >= 0.6 is 23.4 Å². The van der Waals surface area contributed by atoms with E-state index in [-0.39, 0.29) is 30.2 Å².